The number of benzene rings is 1. The van der Waals surface area contributed by atoms with E-state index < -0.39 is 0 Å². The fourth-order valence-corrected chi connectivity index (χ4v) is 2.73. The molecule has 0 saturated carbocycles. The molecule has 1 aromatic rings. The van der Waals surface area contributed by atoms with Crippen LogP contribution >= 0.6 is 0 Å². The van der Waals surface area contributed by atoms with Crippen molar-refractivity contribution in [1.82, 2.24) is 10.2 Å². The summed E-state index contributed by atoms with van der Waals surface area (Å²) in [6.07, 6.45) is 3.41. The van der Waals surface area contributed by atoms with Crippen LogP contribution in [0.1, 0.15) is 24.4 Å². The normalized spacial score (nSPS) is 17.8. The summed E-state index contributed by atoms with van der Waals surface area (Å²) in [4.78, 5) is 2.24. The van der Waals surface area contributed by atoms with E-state index in [1.54, 1.807) is 0 Å². The Labute approximate surface area is 119 Å². The van der Waals surface area contributed by atoms with E-state index in [2.05, 4.69) is 16.8 Å². The van der Waals surface area contributed by atoms with Crippen LogP contribution in [0.4, 0.5) is 0 Å². The summed E-state index contributed by atoms with van der Waals surface area (Å²) in [6, 6.07) is 2.48. The zero-order valence-electron chi connectivity index (χ0n) is 11.5. The molecule has 1 atom stereocenters. The Morgan fingerprint density at radius 3 is 2.35 bits per heavy atom. The van der Waals surface area contributed by atoms with Gasteiger partial charge in [0.1, 0.15) is 17.2 Å². The SMILES string of the molecule is C=CCC[C@@H](c1c(O)cc(O)cc1O)N1CCNCC1. The summed E-state index contributed by atoms with van der Waals surface area (Å²) < 4.78 is 0. The lowest BCUT2D eigenvalue weighted by atomic mass is 9.97. The van der Waals surface area contributed by atoms with Gasteiger partial charge >= 0.3 is 0 Å². The lowest BCUT2D eigenvalue weighted by molar-refractivity contribution is 0.161. The van der Waals surface area contributed by atoms with E-state index in [1.165, 1.54) is 12.1 Å². The quantitative estimate of drug-likeness (QED) is 0.617. The molecule has 0 bridgehead atoms. The average Bonchev–Trinajstić information content (AvgIpc) is 2.42. The molecule has 110 valence electrons. The Bertz CT molecular complexity index is 447. The maximum atomic E-state index is 10.1. The highest BCUT2D eigenvalue weighted by atomic mass is 16.3. The van der Waals surface area contributed by atoms with Gasteiger partial charge in [0.05, 0.1) is 5.56 Å². The highest BCUT2D eigenvalue weighted by Gasteiger charge is 2.26. The third kappa shape index (κ3) is 3.23. The molecule has 0 radical (unpaired) electrons. The number of piperazine rings is 1. The summed E-state index contributed by atoms with van der Waals surface area (Å²) in [7, 11) is 0. The molecular weight excluding hydrogens is 256 g/mol. The predicted octanol–water partition coefficient (Wildman–Crippen LogP) is 1.72. The molecule has 1 heterocycles. The fourth-order valence-electron chi connectivity index (χ4n) is 2.73. The summed E-state index contributed by atoms with van der Waals surface area (Å²) in [5.41, 5.74) is 0.492. The zero-order valence-corrected chi connectivity index (χ0v) is 11.5. The average molecular weight is 278 g/mol. The number of phenolic OH excluding ortho intramolecular Hbond substituents is 3. The van der Waals surface area contributed by atoms with E-state index in [9.17, 15) is 15.3 Å². The first-order chi connectivity index (χ1) is 9.63. The van der Waals surface area contributed by atoms with Gasteiger partial charge in [0.25, 0.3) is 0 Å². The van der Waals surface area contributed by atoms with Gasteiger partial charge in [-0.3, -0.25) is 4.90 Å². The molecule has 5 nitrogen and oxygen atoms in total. The van der Waals surface area contributed by atoms with Crippen LogP contribution in [-0.4, -0.2) is 46.4 Å². The van der Waals surface area contributed by atoms with E-state index in [4.69, 9.17) is 0 Å². The van der Waals surface area contributed by atoms with Crippen molar-refractivity contribution < 1.29 is 15.3 Å². The van der Waals surface area contributed by atoms with Crippen LogP contribution in [0.2, 0.25) is 0 Å². The standard InChI is InChI=1S/C15H22N2O3/c1-2-3-4-12(17-7-5-16-6-8-17)15-13(19)9-11(18)10-14(15)20/h2,9-10,12,16,18-20H,1,3-8H2/t12-/m0/s1. The van der Waals surface area contributed by atoms with Crippen molar-refractivity contribution in [2.75, 3.05) is 26.2 Å². The minimum atomic E-state index is -0.133. The second-order valence-corrected chi connectivity index (χ2v) is 5.07. The Hall–Kier alpha value is -1.72. The summed E-state index contributed by atoms with van der Waals surface area (Å²) in [6.45, 7) is 7.25. The smallest absolute Gasteiger partial charge is 0.127 e. The minimum Gasteiger partial charge on any atom is -0.508 e. The van der Waals surface area contributed by atoms with Gasteiger partial charge in [0.2, 0.25) is 0 Å². The van der Waals surface area contributed by atoms with Gasteiger partial charge < -0.3 is 20.6 Å². The van der Waals surface area contributed by atoms with Gasteiger partial charge in [-0.1, -0.05) is 6.08 Å². The van der Waals surface area contributed by atoms with Crippen molar-refractivity contribution in [2.45, 2.75) is 18.9 Å². The second-order valence-electron chi connectivity index (χ2n) is 5.07. The summed E-state index contributed by atoms with van der Waals surface area (Å²) in [5.74, 6) is -0.253. The van der Waals surface area contributed by atoms with Crippen molar-refractivity contribution in [1.29, 1.82) is 0 Å². The highest BCUT2D eigenvalue weighted by Crippen LogP contribution is 2.41. The van der Waals surface area contributed by atoms with Crippen molar-refractivity contribution in [3.05, 3.63) is 30.4 Å². The second kappa shape index (κ2) is 6.63. The molecule has 1 fully saturated rings. The third-order valence-electron chi connectivity index (χ3n) is 3.69. The first-order valence-corrected chi connectivity index (χ1v) is 6.94. The molecule has 1 aliphatic heterocycles. The van der Waals surface area contributed by atoms with Crippen molar-refractivity contribution in [3.8, 4) is 17.2 Å². The van der Waals surface area contributed by atoms with E-state index >= 15 is 0 Å². The summed E-state index contributed by atoms with van der Waals surface area (Å²) >= 11 is 0. The Morgan fingerprint density at radius 2 is 1.80 bits per heavy atom. The third-order valence-corrected chi connectivity index (χ3v) is 3.69. The van der Waals surface area contributed by atoms with Crippen LogP contribution in [0.15, 0.2) is 24.8 Å². The number of hydrogen-bond acceptors (Lipinski definition) is 5. The van der Waals surface area contributed by atoms with Crippen LogP contribution in [0.25, 0.3) is 0 Å². The number of aromatic hydroxyl groups is 3. The highest BCUT2D eigenvalue weighted by molar-refractivity contribution is 5.50. The molecule has 0 aromatic heterocycles. The maximum absolute atomic E-state index is 10.1. The van der Waals surface area contributed by atoms with Crippen LogP contribution in [0.3, 0.4) is 0 Å². The molecule has 0 aliphatic carbocycles. The lowest BCUT2D eigenvalue weighted by Gasteiger charge is -2.35. The molecule has 4 N–H and O–H groups in total. The Kier molecular flexibility index (Phi) is 4.87. The molecule has 5 heteroatoms. The van der Waals surface area contributed by atoms with Crippen LogP contribution in [0, 0.1) is 0 Å². The van der Waals surface area contributed by atoms with Gasteiger partial charge in [-0.05, 0) is 12.8 Å². The van der Waals surface area contributed by atoms with Crippen molar-refractivity contribution in [2.24, 2.45) is 0 Å². The van der Waals surface area contributed by atoms with Crippen molar-refractivity contribution >= 4 is 0 Å². The molecule has 1 saturated heterocycles. The lowest BCUT2D eigenvalue weighted by Crippen LogP contribution is -2.45. The molecule has 1 aliphatic rings. The fraction of sp³-hybridized carbons (Fsp3) is 0.467. The molecule has 20 heavy (non-hydrogen) atoms. The number of nitrogens with zero attached hydrogens (tertiary/aromatic N) is 1. The zero-order chi connectivity index (χ0) is 14.5. The van der Waals surface area contributed by atoms with Gasteiger partial charge in [-0.15, -0.1) is 6.58 Å². The number of rotatable bonds is 5. The molecular formula is C15H22N2O3. The minimum absolute atomic E-state index is 0.0601. The number of allylic oxidation sites excluding steroid dienone is 1. The number of phenols is 3. The maximum Gasteiger partial charge on any atom is 0.127 e. The molecule has 2 rings (SSSR count). The van der Waals surface area contributed by atoms with Gasteiger partial charge in [0, 0.05) is 44.4 Å². The largest absolute Gasteiger partial charge is 0.508 e. The van der Waals surface area contributed by atoms with Crippen LogP contribution in [-0.2, 0) is 0 Å². The molecule has 0 spiro atoms. The van der Waals surface area contributed by atoms with Crippen molar-refractivity contribution in [3.63, 3.8) is 0 Å². The topological polar surface area (TPSA) is 76.0 Å². The number of hydrogen-bond donors (Lipinski definition) is 4. The Morgan fingerprint density at radius 1 is 1.20 bits per heavy atom. The molecule has 1 aromatic carbocycles. The predicted molar refractivity (Wildman–Crippen MR) is 78.1 cm³/mol. The van der Waals surface area contributed by atoms with E-state index in [1.807, 2.05) is 6.08 Å². The summed E-state index contributed by atoms with van der Waals surface area (Å²) in [5, 5.41) is 32.9. The van der Waals surface area contributed by atoms with Gasteiger partial charge in [0.15, 0.2) is 0 Å². The molecule has 0 amide bonds. The van der Waals surface area contributed by atoms with Gasteiger partial charge in [-0.25, -0.2) is 0 Å². The first kappa shape index (κ1) is 14.7. The molecule has 0 unspecified atom stereocenters. The van der Waals surface area contributed by atoms with E-state index in [0.29, 0.717) is 5.56 Å². The van der Waals surface area contributed by atoms with E-state index in [-0.39, 0.29) is 23.3 Å². The number of nitrogens with one attached hydrogen (secondary N) is 1. The van der Waals surface area contributed by atoms with Crippen LogP contribution in [0.5, 0.6) is 17.2 Å². The van der Waals surface area contributed by atoms with E-state index in [0.717, 1.165) is 39.0 Å². The Balaban J connectivity index is 2.32. The first-order valence-electron chi connectivity index (χ1n) is 6.94. The monoisotopic (exact) mass is 278 g/mol. The van der Waals surface area contributed by atoms with Gasteiger partial charge in [-0.2, -0.15) is 0 Å². The van der Waals surface area contributed by atoms with Crippen LogP contribution < -0.4 is 5.32 Å².